The third-order valence-corrected chi connectivity index (χ3v) is 6.02. The fourth-order valence-electron chi connectivity index (χ4n) is 4.27. The van der Waals surface area contributed by atoms with Crippen molar-refractivity contribution in [3.8, 4) is 11.1 Å². The Morgan fingerprint density at radius 3 is 2.63 bits per heavy atom. The third-order valence-electron chi connectivity index (χ3n) is 6.02. The first-order valence-corrected chi connectivity index (χ1v) is 11.0. The van der Waals surface area contributed by atoms with Gasteiger partial charge < -0.3 is 10.2 Å². The topological polar surface area (TPSA) is 58.1 Å². The zero-order valence-corrected chi connectivity index (χ0v) is 17.3. The standard InChI is InChI=1S/C24H29FN4O/c25-22-10-8-19(9-11-22)21-15-27-24(28-16-21)29-14-4-7-20(17-29)23(30)26-13-12-18-5-2-1-3-6-18/h5,8-11,15-16,20H,1-4,6-7,12-14,17H2,(H,26,30)/t20-/m1/s1. The minimum atomic E-state index is -0.260. The molecule has 1 aromatic heterocycles. The van der Waals surface area contributed by atoms with Crippen LogP contribution in [0.5, 0.6) is 0 Å². The maximum Gasteiger partial charge on any atom is 0.225 e. The number of nitrogens with zero attached hydrogens (tertiary/aromatic N) is 3. The van der Waals surface area contributed by atoms with Crippen molar-refractivity contribution in [3.63, 3.8) is 0 Å². The van der Waals surface area contributed by atoms with Crippen LogP contribution in [0.3, 0.4) is 0 Å². The van der Waals surface area contributed by atoms with Crippen molar-refractivity contribution in [2.24, 2.45) is 5.92 Å². The van der Waals surface area contributed by atoms with Crippen LogP contribution in [0.1, 0.15) is 44.9 Å². The summed E-state index contributed by atoms with van der Waals surface area (Å²) in [6.07, 6.45) is 13.6. The summed E-state index contributed by atoms with van der Waals surface area (Å²) < 4.78 is 13.1. The van der Waals surface area contributed by atoms with Gasteiger partial charge in [0.15, 0.2) is 0 Å². The molecule has 1 atom stereocenters. The van der Waals surface area contributed by atoms with Crippen LogP contribution in [0.4, 0.5) is 10.3 Å². The van der Waals surface area contributed by atoms with Crippen molar-refractivity contribution >= 4 is 11.9 Å². The van der Waals surface area contributed by atoms with Crippen LogP contribution in [0, 0.1) is 11.7 Å². The van der Waals surface area contributed by atoms with Crippen molar-refractivity contribution in [3.05, 3.63) is 54.1 Å². The normalized spacial score (nSPS) is 19.3. The van der Waals surface area contributed by atoms with Gasteiger partial charge in [-0.3, -0.25) is 4.79 Å². The number of piperidine rings is 1. The largest absolute Gasteiger partial charge is 0.355 e. The van der Waals surface area contributed by atoms with Crippen LogP contribution >= 0.6 is 0 Å². The van der Waals surface area contributed by atoms with E-state index >= 15 is 0 Å². The molecule has 6 heteroatoms. The number of carbonyl (C=O) groups excluding carboxylic acids is 1. The molecule has 0 radical (unpaired) electrons. The second kappa shape index (κ2) is 9.83. The van der Waals surface area contributed by atoms with E-state index in [2.05, 4.69) is 26.3 Å². The Balaban J connectivity index is 1.31. The first kappa shape index (κ1) is 20.5. The first-order chi connectivity index (χ1) is 14.7. The second-order valence-corrected chi connectivity index (χ2v) is 8.21. The van der Waals surface area contributed by atoms with E-state index in [4.69, 9.17) is 0 Å². The molecule has 1 fully saturated rings. The summed E-state index contributed by atoms with van der Waals surface area (Å²) in [5.74, 6) is 0.494. The number of rotatable bonds is 6. The van der Waals surface area contributed by atoms with Crippen molar-refractivity contribution < 1.29 is 9.18 Å². The molecule has 158 valence electrons. The van der Waals surface area contributed by atoms with E-state index in [0.29, 0.717) is 12.5 Å². The summed E-state index contributed by atoms with van der Waals surface area (Å²) in [7, 11) is 0. The van der Waals surface area contributed by atoms with Gasteiger partial charge in [-0.25, -0.2) is 14.4 Å². The van der Waals surface area contributed by atoms with Gasteiger partial charge in [0.2, 0.25) is 11.9 Å². The summed E-state index contributed by atoms with van der Waals surface area (Å²) in [5, 5.41) is 3.13. The molecule has 0 bridgehead atoms. The van der Waals surface area contributed by atoms with Crippen molar-refractivity contribution in [1.29, 1.82) is 0 Å². The van der Waals surface area contributed by atoms with Gasteiger partial charge in [0, 0.05) is 37.6 Å². The van der Waals surface area contributed by atoms with Gasteiger partial charge in [-0.05, 0) is 62.6 Å². The monoisotopic (exact) mass is 408 g/mol. The fourth-order valence-corrected chi connectivity index (χ4v) is 4.27. The minimum absolute atomic E-state index is 0.0283. The highest BCUT2D eigenvalue weighted by atomic mass is 19.1. The maximum absolute atomic E-state index is 13.1. The number of amides is 1. The molecule has 30 heavy (non-hydrogen) atoms. The van der Waals surface area contributed by atoms with Gasteiger partial charge in [-0.15, -0.1) is 0 Å². The predicted molar refractivity (Wildman–Crippen MR) is 117 cm³/mol. The summed E-state index contributed by atoms with van der Waals surface area (Å²) in [6.45, 7) is 2.22. The average molecular weight is 409 g/mol. The fraction of sp³-hybridized carbons (Fsp3) is 0.458. The number of hydrogen-bond acceptors (Lipinski definition) is 4. The van der Waals surface area contributed by atoms with Gasteiger partial charge in [0.05, 0.1) is 5.92 Å². The number of hydrogen-bond donors (Lipinski definition) is 1. The second-order valence-electron chi connectivity index (χ2n) is 8.21. The summed E-state index contributed by atoms with van der Waals surface area (Å²) in [4.78, 5) is 23.7. The molecule has 2 aromatic rings. The third kappa shape index (κ3) is 5.23. The molecule has 1 amide bonds. The molecule has 2 aliphatic rings. The molecule has 1 aliphatic carbocycles. The SMILES string of the molecule is O=C(NCCC1=CCCCC1)[C@@H]1CCCN(c2ncc(-c3ccc(F)cc3)cn2)C1. The Morgan fingerprint density at radius 2 is 1.90 bits per heavy atom. The van der Waals surface area contributed by atoms with E-state index in [1.807, 2.05) is 0 Å². The molecule has 1 N–H and O–H groups in total. The Hall–Kier alpha value is -2.76. The van der Waals surface area contributed by atoms with E-state index in [1.165, 1.54) is 43.4 Å². The van der Waals surface area contributed by atoms with Crippen LogP contribution in [0.15, 0.2) is 48.3 Å². The zero-order chi connectivity index (χ0) is 20.8. The highest BCUT2D eigenvalue weighted by Gasteiger charge is 2.27. The van der Waals surface area contributed by atoms with Crippen LogP contribution in [0.25, 0.3) is 11.1 Å². The molecule has 0 saturated carbocycles. The van der Waals surface area contributed by atoms with E-state index < -0.39 is 0 Å². The molecule has 5 nitrogen and oxygen atoms in total. The van der Waals surface area contributed by atoms with Gasteiger partial charge >= 0.3 is 0 Å². The quantitative estimate of drug-likeness (QED) is 0.715. The van der Waals surface area contributed by atoms with Crippen LogP contribution < -0.4 is 10.2 Å². The molecule has 4 rings (SSSR count). The smallest absolute Gasteiger partial charge is 0.225 e. The number of carbonyl (C=O) groups is 1. The number of allylic oxidation sites excluding steroid dienone is 1. The summed E-state index contributed by atoms with van der Waals surface area (Å²) >= 11 is 0. The lowest BCUT2D eigenvalue weighted by Crippen LogP contribution is -2.44. The molecule has 1 aromatic carbocycles. The molecule has 0 spiro atoms. The number of nitrogens with one attached hydrogen (secondary N) is 1. The predicted octanol–water partition coefficient (Wildman–Crippen LogP) is 4.51. The maximum atomic E-state index is 13.1. The lowest BCUT2D eigenvalue weighted by atomic mass is 9.96. The Bertz CT molecular complexity index is 879. The number of anilines is 1. The van der Waals surface area contributed by atoms with E-state index in [9.17, 15) is 9.18 Å². The molecule has 1 saturated heterocycles. The van der Waals surface area contributed by atoms with E-state index in [1.54, 1.807) is 24.5 Å². The first-order valence-electron chi connectivity index (χ1n) is 11.0. The van der Waals surface area contributed by atoms with E-state index in [-0.39, 0.29) is 17.6 Å². The summed E-state index contributed by atoms with van der Waals surface area (Å²) in [5.41, 5.74) is 3.22. The average Bonchev–Trinajstić information content (AvgIpc) is 2.80. The van der Waals surface area contributed by atoms with Gasteiger partial charge in [-0.2, -0.15) is 0 Å². The van der Waals surface area contributed by atoms with Crippen LogP contribution in [-0.2, 0) is 4.79 Å². The molecule has 0 unspecified atom stereocenters. The number of aromatic nitrogens is 2. The van der Waals surface area contributed by atoms with Gasteiger partial charge in [0.1, 0.15) is 5.82 Å². The Labute approximate surface area is 177 Å². The van der Waals surface area contributed by atoms with Gasteiger partial charge in [0.25, 0.3) is 0 Å². The highest BCUT2D eigenvalue weighted by molar-refractivity contribution is 5.79. The lowest BCUT2D eigenvalue weighted by molar-refractivity contribution is -0.125. The van der Waals surface area contributed by atoms with Crippen LogP contribution in [-0.4, -0.2) is 35.5 Å². The lowest BCUT2D eigenvalue weighted by Gasteiger charge is -2.32. The minimum Gasteiger partial charge on any atom is -0.355 e. The molecular weight excluding hydrogens is 379 g/mol. The van der Waals surface area contributed by atoms with Crippen LogP contribution in [0.2, 0.25) is 0 Å². The molecule has 1 aliphatic heterocycles. The highest BCUT2D eigenvalue weighted by Crippen LogP contribution is 2.24. The Morgan fingerprint density at radius 1 is 1.10 bits per heavy atom. The van der Waals surface area contributed by atoms with Gasteiger partial charge in [-0.1, -0.05) is 23.8 Å². The Kier molecular flexibility index (Phi) is 6.72. The van der Waals surface area contributed by atoms with E-state index in [0.717, 1.165) is 43.5 Å². The number of halogens is 1. The van der Waals surface area contributed by atoms with Crippen molar-refractivity contribution in [2.45, 2.75) is 44.9 Å². The zero-order valence-electron chi connectivity index (χ0n) is 17.3. The van der Waals surface area contributed by atoms with Crippen molar-refractivity contribution in [1.82, 2.24) is 15.3 Å². The molecular formula is C24H29FN4O. The molecule has 2 heterocycles. The number of benzene rings is 1. The summed E-state index contributed by atoms with van der Waals surface area (Å²) in [6, 6.07) is 6.31. The van der Waals surface area contributed by atoms with Crippen molar-refractivity contribution in [2.75, 3.05) is 24.5 Å².